The lowest BCUT2D eigenvalue weighted by atomic mass is 9.88. The highest BCUT2D eigenvalue weighted by molar-refractivity contribution is 6.30. The van der Waals surface area contributed by atoms with Crippen molar-refractivity contribution < 1.29 is 14.3 Å². The van der Waals surface area contributed by atoms with Gasteiger partial charge in [-0.3, -0.25) is 4.79 Å². The maximum atomic E-state index is 12.8. The van der Waals surface area contributed by atoms with Crippen LogP contribution in [0.5, 0.6) is 11.5 Å². The number of esters is 1. The number of rotatable bonds is 7. The third kappa shape index (κ3) is 5.40. The summed E-state index contributed by atoms with van der Waals surface area (Å²) in [4.78, 5) is 12.8. The first-order valence-corrected chi connectivity index (χ1v) is 10.0. The summed E-state index contributed by atoms with van der Waals surface area (Å²) in [5, 5.41) is 9.98. The fourth-order valence-corrected chi connectivity index (χ4v) is 3.28. The van der Waals surface area contributed by atoms with Gasteiger partial charge in [-0.25, -0.2) is 0 Å². The van der Waals surface area contributed by atoms with Crippen LogP contribution in [0.1, 0.15) is 36.5 Å². The molecule has 0 radical (unpaired) electrons. The second-order valence-corrected chi connectivity index (χ2v) is 7.67. The highest BCUT2D eigenvalue weighted by Gasteiger charge is 2.25. The Balaban J connectivity index is 1.74. The molecule has 0 heterocycles. The van der Waals surface area contributed by atoms with Gasteiger partial charge in [0.15, 0.2) is 0 Å². The van der Waals surface area contributed by atoms with Crippen molar-refractivity contribution in [1.82, 2.24) is 0 Å². The van der Waals surface area contributed by atoms with Crippen LogP contribution in [0.15, 0.2) is 72.8 Å². The van der Waals surface area contributed by atoms with E-state index in [0.29, 0.717) is 22.1 Å². The van der Waals surface area contributed by atoms with Crippen LogP contribution < -0.4 is 4.74 Å². The van der Waals surface area contributed by atoms with Crippen LogP contribution in [-0.2, 0) is 16.1 Å². The number of halogens is 1. The minimum Gasteiger partial charge on any atom is -0.460 e. The number of hydrogen-bond donors (Lipinski definition) is 0. The number of carbonyl (C=O) groups excluding carboxylic acids is 1. The lowest BCUT2D eigenvalue weighted by molar-refractivity contribution is -0.148. The van der Waals surface area contributed by atoms with Crippen molar-refractivity contribution >= 4 is 17.6 Å². The Kier molecular flexibility index (Phi) is 7.11. The van der Waals surface area contributed by atoms with E-state index in [1.165, 1.54) is 0 Å². The predicted molar refractivity (Wildman–Crippen MR) is 117 cm³/mol. The number of hydrogen-bond acceptors (Lipinski definition) is 4. The van der Waals surface area contributed by atoms with Gasteiger partial charge < -0.3 is 9.47 Å². The molecule has 0 fully saturated rings. The summed E-state index contributed by atoms with van der Waals surface area (Å²) in [5.41, 5.74) is 2.02. The van der Waals surface area contributed by atoms with E-state index in [0.717, 1.165) is 11.1 Å². The minimum absolute atomic E-state index is 0.0663. The summed E-state index contributed by atoms with van der Waals surface area (Å²) in [5.74, 6) is 0.431. The van der Waals surface area contributed by atoms with Crippen LogP contribution in [0.25, 0.3) is 0 Å². The molecule has 0 saturated carbocycles. The van der Waals surface area contributed by atoms with Crippen molar-refractivity contribution in [3.05, 3.63) is 94.5 Å². The van der Waals surface area contributed by atoms with Crippen molar-refractivity contribution in [2.75, 3.05) is 0 Å². The molecule has 4 nitrogen and oxygen atoms in total. The van der Waals surface area contributed by atoms with Gasteiger partial charge in [0.2, 0.25) is 0 Å². The van der Waals surface area contributed by atoms with Gasteiger partial charge in [0.25, 0.3) is 0 Å². The van der Waals surface area contributed by atoms with E-state index < -0.39 is 0 Å². The first kappa shape index (κ1) is 21.4. The van der Waals surface area contributed by atoms with Gasteiger partial charge in [-0.2, -0.15) is 5.26 Å². The fourth-order valence-electron chi connectivity index (χ4n) is 3.16. The average molecular weight is 420 g/mol. The molecule has 0 amide bonds. The Labute approximate surface area is 181 Å². The summed E-state index contributed by atoms with van der Waals surface area (Å²) in [6.45, 7) is 4.05. The molecule has 0 saturated heterocycles. The molecule has 0 aliphatic carbocycles. The van der Waals surface area contributed by atoms with Crippen LogP contribution in [0.4, 0.5) is 0 Å². The summed E-state index contributed by atoms with van der Waals surface area (Å²) in [7, 11) is 0. The van der Waals surface area contributed by atoms with Gasteiger partial charge in [0, 0.05) is 5.02 Å². The van der Waals surface area contributed by atoms with E-state index >= 15 is 0 Å². The Hall–Kier alpha value is -3.29. The van der Waals surface area contributed by atoms with Crippen LogP contribution in [0.2, 0.25) is 5.02 Å². The van der Waals surface area contributed by atoms with E-state index in [1.54, 1.807) is 30.3 Å². The largest absolute Gasteiger partial charge is 0.460 e. The number of para-hydroxylation sites is 1. The van der Waals surface area contributed by atoms with Crippen molar-refractivity contribution in [2.45, 2.75) is 26.4 Å². The summed E-state index contributed by atoms with van der Waals surface area (Å²) in [6, 6.07) is 23.7. The highest BCUT2D eigenvalue weighted by atomic mass is 35.5. The fraction of sp³-hybridized carbons (Fsp3) is 0.200. The zero-order chi connectivity index (χ0) is 21.5. The number of nitrogens with zero attached hydrogens (tertiary/aromatic N) is 1. The highest BCUT2D eigenvalue weighted by Crippen LogP contribution is 2.29. The predicted octanol–water partition coefficient (Wildman–Crippen LogP) is 6.49. The molecule has 1 unspecified atom stereocenters. The molecule has 0 spiro atoms. The van der Waals surface area contributed by atoms with Crippen molar-refractivity contribution in [3.63, 3.8) is 0 Å². The maximum Gasteiger partial charge on any atom is 0.314 e. The van der Waals surface area contributed by atoms with Gasteiger partial charge in [-0.15, -0.1) is 0 Å². The van der Waals surface area contributed by atoms with Crippen molar-refractivity contribution in [2.24, 2.45) is 5.92 Å². The van der Waals surface area contributed by atoms with Gasteiger partial charge >= 0.3 is 5.97 Å². The first-order chi connectivity index (χ1) is 14.5. The van der Waals surface area contributed by atoms with Gasteiger partial charge in [0.05, 0.1) is 11.5 Å². The van der Waals surface area contributed by atoms with Crippen molar-refractivity contribution in [1.29, 1.82) is 5.26 Å². The molecule has 152 valence electrons. The zero-order valence-corrected chi connectivity index (χ0v) is 17.6. The summed E-state index contributed by atoms with van der Waals surface area (Å²) < 4.78 is 11.4. The number of nitriles is 1. The number of ether oxygens (including phenoxy) is 2. The molecular formula is C25H22ClNO3. The number of carbonyl (C=O) groups is 1. The molecule has 30 heavy (non-hydrogen) atoms. The average Bonchev–Trinajstić information content (AvgIpc) is 2.74. The Morgan fingerprint density at radius 1 is 1.03 bits per heavy atom. The van der Waals surface area contributed by atoms with E-state index in [9.17, 15) is 10.1 Å². The Morgan fingerprint density at radius 2 is 1.73 bits per heavy atom. The minimum atomic E-state index is -0.388. The third-order valence-corrected chi connectivity index (χ3v) is 4.92. The Bertz CT molecular complexity index is 1040. The van der Waals surface area contributed by atoms with Crippen LogP contribution in [0, 0.1) is 17.2 Å². The monoisotopic (exact) mass is 419 g/mol. The standard InChI is InChI=1S/C25H22ClNO3/c1-17(2)24(19-10-12-21(26)13-11-19)25(28)29-16-18-8-9-20(15-27)23(14-18)30-22-6-4-3-5-7-22/h3-14,17,24H,16H2,1-2H3. The second kappa shape index (κ2) is 9.96. The quantitative estimate of drug-likeness (QED) is 0.411. The van der Waals surface area contributed by atoms with E-state index in [-0.39, 0.29) is 24.4 Å². The molecule has 3 aromatic rings. The lowest BCUT2D eigenvalue weighted by Gasteiger charge is -2.20. The topological polar surface area (TPSA) is 59.3 Å². The SMILES string of the molecule is CC(C)C(C(=O)OCc1ccc(C#N)c(Oc2ccccc2)c1)c1ccc(Cl)cc1. The summed E-state index contributed by atoms with van der Waals surface area (Å²) in [6.07, 6.45) is 0. The zero-order valence-electron chi connectivity index (χ0n) is 16.8. The van der Waals surface area contributed by atoms with Gasteiger partial charge in [0.1, 0.15) is 24.2 Å². The Morgan fingerprint density at radius 3 is 2.37 bits per heavy atom. The molecule has 0 aromatic heterocycles. The van der Waals surface area contributed by atoms with Crippen LogP contribution >= 0.6 is 11.6 Å². The molecular weight excluding hydrogens is 398 g/mol. The molecule has 0 bridgehead atoms. The molecule has 0 aliphatic rings. The van der Waals surface area contributed by atoms with E-state index in [1.807, 2.05) is 56.3 Å². The maximum absolute atomic E-state index is 12.8. The van der Waals surface area contributed by atoms with E-state index in [2.05, 4.69) is 6.07 Å². The summed E-state index contributed by atoms with van der Waals surface area (Å²) >= 11 is 5.96. The van der Waals surface area contributed by atoms with Gasteiger partial charge in [-0.1, -0.05) is 61.8 Å². The third-order valence-electron chi connectivity index (χ3n) is 4.67. The number of benzene rings is 3. The molecule has 0 N–H and O–H groups in total. The van der Waals surface area contributed by atoms with Crippen LogP contribution in [-0.4, -0.2) is 5.97 Å². The molecule has 5 heteroatoms. The molecule has 1 atom stereocenters. The van der Waals surface area contributed by atoms with Crippen LogP contribution in [0.3, 0.4) is 0 Å². The molecule has 3 aromatic carbocycles. The normalized spacial score (nSPS) is 11.6. The molecule has 3 rings (SSSR count). The van der Waals surface area contributed by atoms with Crippen molar-refractivity contribution in [3.8, 4) is 17.6 Å². The second-order valence-electron chi connectivity index (χ2n) is 7.24. The van der Waals surface area contributed by atoms with Gasteiger partial charge in [-0.05, 0) is 53.4 Å². The lowest BCUT2D eigenvalue weighted by Crippen LogP contribution is -2.20. The first-order valence-electron chi connectivity index (χ1n) is 9.66. The smallest absolute Gasteiger partial charge is 0.314 e. The molecule has 0 aliphatic heterocycles. The van der Waals surface area contributed by atoms with E-state index in [4.69, 9.17) is 21.1 Å².